The van der Waals surface area contributed by atoms with Crippen molar-refractivity contribution in [2.45, 2.75) is 0 Å². The zero-order valence-corrected chi connectivity index (χ0v) is 9.62. The number of hydrogen-bond acceptors (Lipinski definition) is 2. The van der Waals surface area contributed by atoms with E-state index in [2.05, 4.69) is 0 Å². The molecule has 14 nitrogen and oxygen atoms in total. The van der Waals surface area contributed by atoms with E-state index in [-0.39, 0.29) is 124 Å². The third-order valence-electron chi connectivity index (χ3n) is 0. The third kappa shape index (κ3) is 1610. The van der Waals surface area contributed by atoms with E-state index in [0.29, 0.717) is 0 Å². The van der Waals surface area contributed by atoms with Gasteiger partial charge in [0, 0.05) is 17.4 Å². The van der Waals surface area contributed by atoms with Crippen molar-refractivity contribution in [2.75, 3.05) is 0 Å². The molecule has 0 aliphatic rings. The van der Waals surface area contributed by atoms with Crippen LogP contribution in [-0.2, 0) is 27.8 Å². The summed E-state index contributed by atoms with van der Waals surface area (Å²) in [7, 11) is -4.67. The molecular formula is H23CrKO14S. The van der Waals surface area contributed by atoms with E-state index in [9.17, 15) is 0 Å². The fourth-order valence-electron chi connectivity index (χ4n) is 0. The van der Waals surface area contributed by atoms with Gasteiger partial charge >= 0.3 is 61.8 Å². The molecule has 0 fully saturated rings. The summed E-state index contributed by atoms with van der Waals surface area (Å²) in [6.45, 7) is 0. The Morgan fingerprint density at radius 3 is 0.529 bits per heavy atom. The van der Waals surface area contributed by atoms with Crippen LogP contribution in [0.25, 0.3) is 0 Å². The Morgan fingerprint density at radius 2 is 0.529 bits per heavy atom. The molecule has 0 aromatic carbocycles. The van der Waals surface area contributed by atoms with Crippen LogP contribution in [0.4, 0.5) is 0 Å². The molecule has 0 amide bonds. The fraction of sp³-hybridized carbons (Fsp3) is 0. The first-order valence-corrected chi connectivity index (χ1v) is 2.10. The molecule has 0 saturated carbocycles. The van der Waals surface area contributed by atoms with Gasteiger partial charge in [0.05, 0.1) is 0 Å². The first-order chi connectivity index (χ1) is 2.00. The van der Waals surface area contributed by atoms with E-state index in [1.165, 1.54) is 0 Å². The molecule has 0 aliphatic heterocycles. The molecule has 0 rings (SSSR count). The van der Waals surface area contributed by atoms with Crippen LogP contribution in [-0.4, -0.2) is 124 Å². The van der Waals surface area contributed by atoms with Crippen molar-refractivity contribution < 1.29 is 89.6 Å². The molecule has 0 bridgehead atoms. The van der Waals surface area contributed by atoms with E-state index in [1.807, 2.05) is 0 Å². The Bertz CT molecular complexity index is 99.4. The second kappa shape index (κ2) is 83.7. The van der Waals surface area contributed by atoms with Gasteiger partial charge in [0.15, 0.2) is 0 Å². The van der Waals surface area contributed by atoms with Crippen LogP contribution in [0.15, 0.2) is 0 Å². The predicted molar refractivity (Wildman–Crippen MR) is 57.5 cm³/mol. The molecule has 0 atom stereocenters. The summed E-state index contributed by atoms with van der Waals surface area (Å²) in [6.07, 6.45) is 0. The monoisotopic (exact) mass is 370 g/mol. The van der Waals surface area contributed by atoms with Crippen LogP contribution in [0.5, 0.6) is 0 Å². The zero-order chi connectivity index (χ0) is 4.50. The molecule has 0 aromatic rings. The van der Waals surface area contributed by atoms with Gasteiger partial charge < -0.3 is 54.8 Å². The van der Waals surface area contributed by atoms with Crippen LogP contribution < -0.4 is 0 Å². The Morgan fingerprint density at radius 1 is 0.529 bits per heavy atom. The summed E-state index contributed by atoms with van der Waals surface area (Å²) in [5, 5.41) is 0. The Kier molecular flexibility index (Phi) is 898. The molecule has 0 aromatic heterocycles. The Hall–Kier alpha value is 1.64. The molecule has 0 aliphatic carbocycles. The molecule has 0 spiro atoms. The summed E-state index contributed by atoms with van der Waals surface area (Å²) < 4.78 is 31.6. The van der Waals surface area contributed by atoms with Crippen molar-refractivity contribution in [1.29, 1.82) is 0 Å². The van der Waals surface area contributed by atoms with E-state index < -0.39 is 10.4 Å². The van der Waals surface area contributed by atoms with Gasteiger partial charge in [-0.05, 0) is 0 Å². The fourth-order valence-corrected chi connectivity index (χ4v) is 0. The second-order valence-corrected chi connectivity index (χ2v) is 1.34. The molecule has 17 heteroatoms. The van der Waals surface area contributed by atoms with E-state index in [4.69, 9.17) is 17.5 Å². The summed E-state index contributed by atoms with van der Waals surface area (Å²) in [6, 6.07) is 0. The van der Waals surface area contributed by atoms with E-state index >= 15 is 0 Å². The van der Waals surface area contributed by atoms with Crippen molar-refractivity contribution in [3.8, 4) is 0 Å². The molecule has 0 saturated heterocycles. The quantitative estimate of drug-likeness (QED) is 0.309. The Balaban J connectivity index is -0.00000000121. The molecule has 120 valence electrons. The van der Waals surface area contributed by atoms with Gasteiger partial charge in [-0.3, -0.25) is 9.11 Å². The predicted octanol–water partition coefficient (Wildman–Crippen LogP) is -9.55. The minimum atomic E-state index is -4.67. The molecule has 0 heterocycles. The average molecular weight is 370 g/mol. The maximum absolute atomic E-state index is 8.74. The van der Waals surface area contributed by atoms with Gasteiger partial charge in [-0.15, -0.1) is 0 Å². The van der Waals surface area contributed by atoms with Gasteiger partial charge in [-0.2, -0.15) is 8.42 Å². The van der Waals surface area contributed by atoms with E-state index in [1.54, 1.807) is 0 Å². The standard InChI is InChI=1S/Cr.K.H2O4S.10H2O.H/c;;1-5(2,3)4;;;;;;;;;;;/h;;(H2,1,2,3,4);10*1H2;. The molecule has 22 N–H and O–H groups in total. The summed E-state index contributed by atoms with van der Waals surface area (Å²) in [5.41, 5.74) is 0. The average Bonchev–Trinajstić information content (AvgIpc) is 0.722. The van der Waals surface area contributed by atoms with Crippen molar-refractivity contribution in [1.82, 2.24) is 0 Å². The van der Waals surface area contributed by atoms with Crippen molar-refractivity contribution in [3.05, 3.63) is 0 Å². The summed E-state index contributed by atoms with van der Waals surface area (Å²) in [4.78, 5) is 0. The first-order valence-electron chi connectivity index (χ1n) is 0.698. The summed E-state index contributed by atoms with van der Waals surface area (Å²) >= 11 is 0. The molecular weight excluding hydrogens is 347 g/mol. The van der Waals surface area contributed by atoms with Gasteiger partial charge in [0.1, 0.15) is 0 Å². The zero-order valence-electron chi connectivity index (χ0n) is 7.53. The van der Waals surface area contributed by atoms with Crippen molar-refractivity contribution >= 4 is 61.8 Å². The SMILES string of the molecule is O.O.O.O.O.O.O.O.O.O.O=S(=O)(O)O.[Cr].[KH]. The van der Waals surface area contributed by atoms with Crippen LogP contribution >= 0.6 is 0 Å². The van der Waals surface area contributed by atoms with Crippen LogP contribution in [0.2, 0.25) is 0 Å². The van der Waals surface area contributed by atoms with Crippen LogP contribution in [0, 0.1) is 0 Å². The topological polar surface area (TPSA) is 390 Å². The van der Waals surface area contributed by atoms with Gasteiger partial charge in [0.2, 0.25) is 0 Å². The second-order valence-electron chi connectivity index (χ2n) is 0.448. The molecule has 0 radical (unpaired) electrons. The number of hydrogen-bond donors (Lipinski definition) is 2. The summed E-state index contributed by atoms with van der Waals surface area (Å²) in [5.74, 6) is 0. The maximum atomic E-state index is 8.74. The van der Waals surface area contributed by atoms with E-state index in [0.717, 1.165) is 0 Å². The first kappa shape index (κ1) is 182. The third-order valence-corrected chi connectivity index (χ3v) is 0. The van der Waals surface area contributed by atoms with Gasteiger partial charge in [0.25, 0.3) is 0 Å². The Labute approximate surface area is 150 Å². The minimum absolute atomic E-state index is 0. The molecule has 17 heavy (non-hydrogen) atoms. The molecule has 0 unspecified atom stereocenters. The van der Waals surface area contributed by atoms with Crippen LogP contribution in [0.1, 0.15) is 0 Å². The number of rotatable bonds is 0. The van der Waals surface area contributed by atoms with Crippen molar-refractivity contribution in [2.24, 2.45) is 0 Å². The van der Waals surface area contributed by atoms with Crippen LogP contribution in [0.3, 0.4) is 0 Å². The normalized spacial score (nSPS) is 3.41. The van der Waals surface area contributed by atoms with Gasteiger partial charge in [-0.1, -0.05) is 0 Å². The van der Waals surface area contributed by atoms with Gasteiger partial charge in [-0.25, -0.2) is 0 Å². The van der Waals surface area contributed by atoms with Crippen molar-refractivity contribution in [3.63, 3.8) is 0 Å².